The average molecular weight is 399 g/mol. The summed E-state index contributed by atoms with van der Waals surface area (Å²) >= 11 is 5.76. The molecule has 1 aliphatic rings. The number of carboxylic acids is 1. The molecule has 1 N–H and O–H groups in total. The minimum absolute atomic E-state index is 0.356. The zero-order chi connectivity index (χ0) is 19.8. The van der Waals surface area contributed by atoms with Gasteiger partial charge in [0, 0.05) is 18.9 Å². The first kappa shape index (κ1) is 19.6. The van der Waals surface area contributed by atoms with Gasteiger partial charge in [-0.2, -0.15) is 13.2 Å². The molecule has 2 aromatic rings. The number of carbonyl (C=O) groups is 1. The van der Waals surface area contributed by atoms with Gasteiger partial charge in [-0.3, -0.25) is 14.7 Å². The highest BCUT2D eigenvalue weighted by Crippen LogP contribution is 2.40. The van der Waals surface area contributed by atoms with Gasteiger partial charge in [-0.25, -0.2) is 0 Å². The predicted octanol–water partition coefficient (Wildman–Crippen LogP) is 4.70. The first-order valence-corrected chi connectivity index (χ1v) is 8.83. The molecule has 0 bridgehead atoms. The molecule has 4 nitrogen and oxygen atoms in total. The maximum absolute atomic E-state index is 13.4. The van der Waals surface area contributed by atoms with Crippen molar-refractivity contribution >= 4 is 17.6 Å². The zero-order valence-corrected chi connectivity index (χ0v) is 15.3. The summed E-state index contributed by atoms with van der Waals surface area (Å²) in [5, 5.41) is 9.19. The monoisotopic (exact) mass is 398 g/mol. The van der Waals surface area contributed by atoms with Crippen LogP contribution in [-0.2, 0) is 11.0 Å². The summed E-state index contributed by atoms with van der Waals surface area (Å²) in [4.78, 5) is 17.5. The number of hydrogen-bond donors (Lipinski definition) is 1. The second-order valence-electron chi connectivity index (χ2n) is 6.61. The largest absolute Gasteiger partial charge is 0.480 e. The Morgan fingerprint density at radius 3 is 2.74 bits per heavy atom. The normalized spacial score (nSPS) is 19.2. The van der Waals surface area contributed by atoms with Gasteiger partial charge >= 0.3 is 12.1 Å². The van der Waals surface area contributed by atoms with Crippen LogP contribution < -0.4 is 0 Å². The third kappa shape index (κ3) is 3.94. The fraction of sp³-hybridized carbons (Fsp3) is 0.368. The van der Waals surface area contributed by atoms with Gasteiger partial charge in [0.05, 0.1) is 16.6 Å². The van der Waals surface area contributed by atoms with Crippen molar-refractivity contribution < 1.29 is 23.1 Å². The molecule has 1 saturated heterocycles. The molecule has 1 aliphatic heterocycles. The summed E-state index contributed by atoms with van der Waals surface area (Å²) in [5.74, 6) is -0.978. The molecule has 27 heavy (non-hydrogen) atoms. The molecule has 3 rings (SSSR count). The maximum atomic E-state index is 13.4. The molecule has 0 spiro atoms. The number of alkyl halides is 3. The van der Waals surface area contributed by atoms with Gasteiger partial charge < -0.3 is 5.11 Å². The molecule has 0 saturated carbocycles. The van der Waals surface area contributed by atoms with Crippen LogP contribution in [0, 0.1) is 6.92 Å². The molecule has 2 heterocycles. The van der Waals surface area contributed by atoms with Crippen LogP contribution in [0.3, 0.4) is 0 Å². The van der Waals surface area contributed by atoms with Crippen LogP contribution in [0.1, 0.15) is 41.1 Å². The quantitative estimate of drug-likeness (QED) is 0.811. The molecule has 144 valence electrons. The lowest BCUT2D eigenvalue weighted by atomic mass is 9.93. The van der Waals surface area contributed by atoms with Crippen molar-refractivity contribution in [2.24, 2.45) is 0 Å². The van der Waals surface area contributed by atoms with E-state index in [4.69, 9.17) is 11.6 Å². The van der Waals surface area contributed by atoms with Gasteiger partial charge in [-0.05, 0) is 54.7 Å². The molecule has 0 radical (unpaired) electrons. The highest BCUT2D eigenvalue weighted by atomic mass is 35.5. The van der Waals surface area contributed by atoms with Gasteiger partial charge in [0.2, 0.25) is 0 Å². The standard InChI is InChI=1S/C19H18ClF3N2O2/c1-11-10-24-7-6-13(11)17(25-8-2-3-16(25)18(26)27)12-4-5-15(20)14(9-12)19(21,22)23/h4-7,9-10,16-17H,2-3,8H2,1H3,(H,26,27). The van der Waals surface area contributed by atoms with Crippen molar-refractivity contribution in [2.75, 3.05) is 6.54 Å². The molecular formula is C19H18ClF3N2O2. The number of hydrogen-bond acceptors (Lipinski definition) is 3. The summed E-state index contributed by atoms with van der Waals surface area (Å²) in [7, 11) is 0. The molecule has 1 fully saturated rings. The van der Waals surface area contributed by atoms with Crippen LogP contribution in [0.4, 0.5) is 13.2 Å². The van der Waals surface area contributed by atoms with E-state index in [0.29, 0.717) is 24.9 Å². The zero-order valence-electron chi connectivity index (χ0n) is 14.5. The number of benzene rings is 1. The van der Waals surface area contributed by atoms with Crippen molar-refractivity contribution in [2.45, 2.75) is 38.0 Å². The Labute approximate surface area is 159 Å². The van der Waals surface area contributed by atoms with Crippen LogP contribution in [0.5, 0.6) is 0 Å². The lowest BCUT2D eigenvalue weighted by Crippen LogP contribution is -2.39. The summed E-state index contributed by atoms with van der Waals surface area (Å²) in [6.07, 6.45) is -0.300. The van der Waals surface area contributed by atoms with Crippen LogP contribution in [0.15, 0.2) is 36.7 Å². The first-order chi connectivity index (χ1) is 12.7. The predicted molar refractivity (Wildman–Crippen MR) is 94.6 cm³/mol. The van der Waals surface area contributed by atoms with E-state index in [-0.39, 0.29) is 5.02 Å². The van der Waals surface area contributed by atoms with E-state index >= 15 is 0 Å². The number of aliphatic carboxylic acids is 1. The first-order valence-electron chi connectivity index (χ1n) is 8.46. The van der Waals surface area contributed by atoms with Gasteiger partial charge in [-0.1, -0.05) is 17.7 Å². The number of pyridine rings is 1. The van der Waals surface area contributed by atoms with E-state index in [1.54, 1.807) is 23.4 Å². The van der Waals surface area contributed by atoms with Crippen LogP contribution >= 0.6 is 11.6 Å². The minimum atomic E-state index is -4.60. The summed E-state index contributed by atoms with van der Waals surface area (Å²) in [6.45, 7) is 2.29. The molecule has 2 unspecified atom stereocenters. The Kier molecular flexibility index (Phi) is 5.44. The number of aromatic nitrogens is 1. The summed E-state index contributed by atoms with van der Waals surface area (Å²) in [6, 6.07) is 4.10. The summed E-state index contributed by atoms with van der Waals surface area (Å²) in [5.41, 5.74) is 0.939. The van der Waals surface area contributed by atoms with Crippen molar-refractivity contribution in [1.29, 1.82) is 0 Å². The SMILES string of the molecule is Cc1cnccc1C(c1ccc(Cl)c(C(F)(F)F)c1)N1CCCC1C(=O)O. The third-order valence-corrected chi connectivity index (χ3v) is 5.21. The van der Waals surface area contributed by atoms with Crippen molar-refractivity contribution in [1.82, 2.24) is 9.88 Å². The van der Waals surface area contributed by atoms with Gasteiger partial charge in [0.15, 0.2) is 0 Å². The molecule has 1 aromatic heterocycles. The maximum Gasteiger partial charge on any atom is 0.417 e. The van der Waals surface area contributed by atoms with Crippen LogP contribution in [-0.4, -0.2) is 33.5 Å². The van der Waals surface area contributed by atoms with Crippen molar-refractivity contribution in [3.63, 3.8) is 0 Å². The van der Waals surface area contributed by atoms with Gasteiger partial charge in [-0.15, -0.1) is 0 Å². The lowest BCUT2D eigenvalue weighted by Gasteiger charge is -2.33. The van der Waals surface area contributed by atoms with Crippen LogP contribution in [0.25, 0.3) is 0 Å². The van der Waals surface area contributed by atoms with Gasteiger partial charge in [0.25, 0.3) is 0 Å². The Balaban J connectivity index is 2.17. The van der Waals surface area contributed by atoms with E-state index in [0.717, 1.165) is 17.2 Å². The van der Waals surface area contributed by atoms with Gasteiger partial charge in [0.1, 0.15) is 6.04 Å². The summed E-state index contributed by atoms with van der Waals surface area (Å²) < 4.78 is 40.1. The number of rotatable bonds is 4. The average Bonchev–Trinajstić information content (AvgIpc) is 3.07. The highest BCUT2D eigenvalue weighted by molar-refractivity contribution is 6.31. The Morgan fingerprint density at radius 2 is 2.11 bits per heavy atom. The molecule has 1 aromatic carbocycles. The molecule has 2 atom stereocenters. The fourth-order valence-corrected chi connectivity index (χ4v) is 3.86. The number of halogens is 4. The third-order valence-electron chi connectivity index (χ3n) is 4.88. The fourth-order valence-electron chi connectivity index (χ4n) is 3.63. The Hall–Kier alpha value is -2.12. The minimum Gasteiger partial charge on any atom is -0.480 e. The van der Waals surface area contributed by atoms with E-state index in [2.05, 4.69) is 4.98 Å². The Morgan fingerprint density at radius 1 is 1.37 bits per heavy atom. The topological polar surface area (TPSA) is 53.4 Å². The van der Waals surface area contributed by atoms with Crippen LogP contribution in [0.2, 0.25) is 5.02 Å². The van der Waals surface area contributed by atoms with Crippen molar-refractivity contribution in [3.05, 3.63) is 63.9 Å². The lowest BCUT2D eigenvalue weighted by molar-refractivity contribution is -0.143. The Bertz CT molecular complexity index is 857. The van der Waals surface area contributed by atoms with Crippen molar-refractivity contribution in [3.8, 4) is 0 Å². The number of likely N-dealkylation sites (tertiary alicyclic amines) is 1. The smallest absolute Gasteiger partial charge is 0.417 e. The highest BCUT2D eigenvalue weighted by Gasteiger charge is 2.39. The number of aryl methyl sites for hydroxylation is 1. The molecule has 0 aliphatic carbocycles. The van der Waals surface area contributed by atoms with E-state index < -0.39 is 29.8 Å². The second kappa shape index (κ2) is 7.48. The molecule has 0 amide bonds. The molecule has 8 heteroatoms. The van der Waals surface area contributed by atoms with E-state index in [9.17, 15) is 23.1 Å². The number of carboxylic acid groups (broad SMARTS) is 1. The van der Waals surface area contributed by atoms with E-state index in [1.165, 1.54) is 12.1 Å². The number of nitrogens with zero attached hydrogens (tertiary/aromatic N) is 2. The second-order valence-corrected chi connectivity index (χ2v) is 7.01. The molecular weight excluding hydrogens is 381 g/mol. The van der Waals surface area contributed by atoms with E-state index in [1.807, 2.05) is 6.92 Å².